The third kappa shape index (κ3) is 4.18. The summed E-state index contributed by atoms with van der Waals surface area (Å²) in [5, 5.41) is 6.77. The van der Waals surface area contributed by atoms with Crippen molar-refractivity contribution in [2.75, 3.05) is 51.1 Å². The molecule has 6 heteroatoms. The fourth-order valence-electron chi connectivity index (χ4n) is 5.66. The van der Waals surface area contributed by atoms with Gasteiger partial charge in [0.15, 0.2) is 0 Å². The fourth-order valence-corrected chi connectivity index (χ4v) is 5.88. The smallest absolute Gasteiger partial charge is 0.0967 e. The number of para-hydroxylation sites is 1. The molecule has 2 aliphatic rings. The number of nitrogens with one attached hydrogen (secondary N) is 1. The fraction of sp³-hybridized carbons (Fsp3) is 0.444. The van der Waals surface area contributed by atoms with E-state index in [1.54, 1.807) is 0 Å². The van der Waals surface area contributed by atoms with Gasteiger partial charge >= 0.3 is 0 Å². The lowest BCUT2D eigenvalue weighted by Crippen LogP contribution is -2.26. The van der Waals surface area contributed by atoms with E-state index in [4.69, 9.17) is 16.6 Å². The highest BCUT2D eigenvalue weighted by molar-refractivity contribution is 6.32. The quantitative estimate of drug-likeness (QED) is 0.388. The molecule has 2 aromatic carbocycles. The largest absolute Gasteiger partial charge is 0.383 e. The van der Waals surface area contributed by atoms with E-state index >= 15 is 0 Å². The third-order valence-corrected chi connectivity index (χ3v) is 7.62. The molecule has 0 amide bonds. The van der Waals surface area contributed by atoms with Gasteiger partial charge in [-0.25, -0.2) is 4.98 Å². The molecular formula is C27H32ClN5. The molecule has 6 rings (SSSR count). The van der Waals surface area contributed by atoms with Gasteiger partial charge in [0, 0.05) is 47.7 Å². The Balaban J connectivity index is 1.40. The van der Waals surface area contributed by atoms with Crippen molar-refractivity contribution in [3.63, 3.8) is 0 Å². The van der Waals surface area contributed by atoms with E-state index < -0.39 is 0 Å². The molecule has 4 heterocycles. The molecule has 0 aliphatic carbocycles. The van der Waals surface area contributed by atoms with Crippen molar-refractivity contribution < 1.29 is 0 Å². The van der Waals surface area contributed by atoms with Crippen LogP contribution in [-0.4, -0.2) is 65.2 Å². The van der Waals surface area contributed by atoms with Crippen LogP contribution in [0.5, 0.6) is 0 Å². The first kappa shape index (κ1) is 21.2. The lowest BCUT2D eigenvalue weighted by molar-refractivity contribution is 0.326. The maximum atomic E-state index is 6.53. The number of nitrogens with zero attached hydrogens (tertiary/aromatic N) is 4. The van der Waals surface area contributed by atoms with Crippen molar-refractivity contribution in [3.05, 3.63) is 47.5 Å². The van der Waals surface area contributed by atoms with Crippen LogP contribution in [-0.2, 0) is 6.54 Å². The Kier molecular flexibility index (Phi) is 5.87. The van der Waals surface area contributed by atoms with Gasteiger partial charge in [-0.3, -0.25) is 0 Å². The Hall–Kier alpha value is -2.34. The van der Waals surface area contributed by atoms with Crippen LogP contribution in [0.3, 0.4) is 0 Å². The van der Waals surface area contributed by atoms with Crippen LogP contribution in [0.15, 0.2) is 42.5 Å². The first-order valence-corrected chi connectivity index (χ1v) is 12.8. The zero-order chi connectivity index (χ0) is 22.2. The van der Waals surface area contributed by atoms with Gasteiger partial charge in [0.2, 0.25) is 0 Å². The molecule has 0 saturated carbocycles. The predicted molar refractivity (Wildman–Crippen MR) is 140 cm³/mol. The minimum Gasteiger partial charge on any atom is -0.383 e. The van der Waals surface area contributed by atoms with Crippen molar-refractivity contribution in [2.45, 2.75) is 32.2 Å². The summed E-state index contributed by atoms with van der Waals surface area (Å²) in [4.78, 5) is 10.3. The Labute approximate surface area is 200 Å². The molecule has 0 atom stereocenters. The number of halogens is 1. The zero-order valence-electron chi connectivity index (χ0n) is 19.2. The van der Waals surface area contributed by atoms with Crippen molar-refractivity contribution in [1.82, 2.24) is 19.4 Å². The number of rotatable bonds is 7. The lowest BCUT2D eigenvalue weighted by atomic mass is 10.1. The molecule has 2 aliphatic heterocycles. The van der Waals surface area contributed by atoms with Crippen LogP contribution in [0, 0.1) is 0 Å². The van der Waals surface area contributed by atoms with E-state index in [-0.39, 0.29) is 0 Å². The number of hydrogen-bond donors (Lipinski definition) is 1. The molecule has 0 radical (unpaired) electrons. The number of fused-ring (bicyclic) bond motifs is 4. The minimum absolute atomic E-state index is 0.732. The normalized spacial score (nSPS) is 17.7. The Bertz CT molecular complexity index is 1280. The molecule has 2 aromatic heterocycles. The summed E-state index contributed by atoms with van der Waals surface area (Å²) in [5.41, 5.74) is 5.60. The van der Waals surface area contributed by atoms with E-state index in [9.17, 15) is 0 Å². The van der Waals surface area contributed by atoms with Crippen LogP contribution >= 0.6 is 11.6 Å². The van der Waals surface area contributed by atoms with E-state index in [1.165, 1.54) is 68.3 Å². The Morgan fingerprint density at radius 1 is 0.788 bits per heavy atom. The molecule has 0 unspecified atom stereocenters. The summed E-state index contributed by atoms with van der Waals surface area (Å²) in [6.07, 6.45) is 5.30. The molecule has 2 saturated heterocycles. The van der Waals surface area contributed by atoms with Crippen molar-refractivity contribution in [3.8, 4) is 0 Å². The number of benzene rings is 2. The topological polar surface area (TPSA) is 36.3 Å². The second-order valence-corrected chi connectivity index (χ2v) is 10.0. The summed E-state index contributed by atoms with van der Waals surface area (Å²) in [6, 6.07) is 15.1. The second kappa shape index (κ2) is 9.13. The molecule has 5 nitrogen and oxygen atoms in total. The average Bonchev–Trinajstić information content (AvgIpc) is 3.58. The molecule has 2 fully saturated rings. The lowest BCUT2D eigenvalue weighted by Gasteiger charge is -2.17. The number of pyridine rings is 1. The minimum atomic E-state index is 0.732. The zero-order valence-corrected chi connectivity index (χ0v) is 19.9. The van der Waals surface area contributed by atoms with E-state index in [2.05, 4.69) is 56.1 Å². The molecule has 33 heavy (non-hydrogen) atoms. The maximum absolute atomic E-state index is 6.53. The van der Waals surface area contributed by atoms with Crippen LogP contribution in [0.4, 0.5) is 5.69 Å². The second-order valence-electron chi connectivity index (χ2n) is 9.57. The van der Waals surface area contributed by atoms with Gasteiger partial charge in [-0.15, -0.1) is 0 Å². The van der Waals surface area contributed by atoms with E-state index in [1.807, 2.05) is 6.07 Å². The highest BCUT2D eigenvalue weighted by atomic mass is 35.5. The van der Waals surface area contributed by atoms with Crippen molar-refractivity contribution in [1.29, 1.82) is 0 Å². The van der Waals surface area contributed by atoms with Gasteiger partial charge in [-0.2, -0.15) is 0 Å². The van der Waals surface area contributed by atoms with Gasteiger partial charge in [0.05, 0.1) is 22.1 Å². The summed E-state index contributed by atoms with van der Waals surface area (Å²) < 4.78 is 2.47. The van der Waals surface area contributed by atoms with E-state index in [0.29, 0.717) is 0 Å². The van der Waals surface area contributed by atoms with Crippen molar-refractivity contribution >= 4 is 50.1 Å². The SMILES string of the molecule is Clc1cc(NCCN2CCCC2)c2cc3c(nc2c1)c1ccccc1n3CCN1CCCC1. The number of likely N-dealkylation sites (tertiary alicyclic amines) is 2. The van der Waals surface area contributed by atoms with Crippen LogP contribution in [0.25, 0.3) is 32.8 Å². The summed E-state index contributed by atoms with van der Waals surface area (Å²) in [7, 11) is 0. The van der Waals surface area contributed by atoms with Crippen LogP contribution in [0.2, 0.25) is 5.02 Å². The summed E-state index contributed by atoms with van der Waals surface area (Å²) >= 11 is 6.53. The number of anilines is 1. The summed E-state index contributed by atoms with van der Waals surface area (Å²) in [5.74, 6) is 0. The van der Waals surface area contributed by atoms with E-state index in [0.717, 1.165) is 53.3 Å². The molecule has 0 spiro atoms. The van der Waals surface area contributed by atoms with Gasteiger partial charge in [-0.05, 0) is 76.1 Å². The molecule has 4 aromatic rings. The monoisotopic (exact) mass is 461 g/mol. The first-order valence-electron chi connectivity index (χ1n) is 12.5. The molecular weight excluding hydrogens is 430 g/mol. The molecule has 0 bridgehead atoms. The molecule has 1 N–H and O–H groups in total. The van der Waals surface area contributed by atoms with Gasteiger partial charge < -0.3 is 19.7 Å². The highest BCUT2D eigenvalue weighted by Crippen LogP contribution is 2.34. The Morgan fingerprint density at radius 2 is 1.52 bits per heavy atom. The first-order chi connectivity index (χ1) is 16.3. The maximum Gasteiger partial charge on any atom is 0.0967 e. The Morgan fingerprint density at radius 3 is 2.30 bits per heavy atom. The summed E-state index contributed by atoms with van der Waals surface area (Å²) in [6.45, 7) is 8.96. The van der Waals surface area contributed by atoms with Crippen LogP contribution < -0.4 is 5.32 Å². The standard InChI is InChI=1S/C27H32ClN5/c28-20-17-23(29-9-14-31-10-3-4-11-31)22-19-26-27(30-24(22)18-20)21-7-1-2-8-25(21)33(26)16-15-32-12-5-6-13-32/h1-2,7-8,17-19,29H,3-6,9-16H2. The third-order valence-electron chi connectivity index (χ3n) is 7.40. The molecule has 172 valence electrons. The van der Waals surface area contributed by atoms with Gasteiger partial charge in [0.25, 0.3) is 0 Å². The predicted octanol–water partition coefficient (Wildman–Crippen LogP) is 5.60. The van der Waals surface area contributed by atoms with Crippen molar-refractivity contribution in [2.24, 2.45) is 0 Å². The van der Waals surface area contributed by atoms with Crippen LogP contribution in [0.1, 0.15) is 25.7 Å². The average molecular weight is 462 g/mol. The number of aromatic nitrogens is 2. The van der Waals surface area contributed by atoms with Gasteiger partial charge in [0.1, 0.15) is 0 Å². The highest BCUT2D eigenvalue weighted by Gasteiger charge is 2.17. The number of hydrogen-bond acceptors (Lipinski definition) is 4. The van der Waals surface area contributed by atoms with Gasteiger partial charge in [-0.1, -0.05) is 29.8 Å².